The Balaban J connectivity index is 1.18. The average Bonchev–Trinajstić information content (AvgIpc) is 3.54. The third-order valence-electron chi connectivity index (χ3n) is 10.2. The third-order valence-corrected chi connectivity index (χ3v) is 10.2. The number of benzene rings is 4. The molecular formula is C46H37N3. The summed E-state index contributed by atoms with van der Waals surface area (Å²) in [4.78, 5) is 5.39. The van der Waals surface area contributed by atoms with E-state index in [1.165, 1.54) is 33.4 Å². The largest absolute Gasteiger partial charge is 0.245 e. The van der Waals surface area contributed by atoms with Crippen LogP contribution in [0.5, 0.6) is 0 Å². The molecule has 49 heavy (non-hydrogen) atoms. The first-order valence-corrected chi connectivity index (χ1v) is 17.4. The number of nitrogens with zero attached hydrogens (tertiary/aromatic N) is 3. The predicted octanol–water partition coefficient (Wildman–Crippen LogP) is 12.0. The quantitative estimate of drug-likeness (QED) is 0.189. The van der Waals surface area contributed by atoms with Gasteiger partial charge in [-0.2, -0.15) is 5.10 Å². The molecule has 7 aromatic rings. The fourth-order valence-corrected chi connectivity index (χ4v) is 7.42. The average molecular weight is 632 g/mol. The number of pyridine rings is 2. The molecule has 2 aliphatic rings. The molecule has 2 atom stereocenters. The van der Waals surface area contributed by atoms with Gasteiger partial charge in [0.1, 0.15) is 0 Å². The van der Waals surface area contributed by atoms with Crippen molar-refractivity contribution in [2.45, 2.75) is 26.7 Å². The van der Waals surface area contributed by atoms with Crippen molar-refractivity contribution in [1.82, 2.24) is 14.6 Å². The van der Waals surface area contributed by atoms with Crippen LogP contribution >= 0.6 is 0 Å². The Morgan fingerprint density at radius 3 is 2.31 bits per heavy atom. The number of hydrogen-bond acceptors (Lipinski definition) is 2. The van der Waals surface area contributed by atoms with Gasteiger partial charge in [0.2, 0.25) is 0 Å². The Labute approximate surface area is 287 Å². The van der Waals surface area contributed by atoms with Gasteiger partial charge in [-0.3, -0.25) is 0 Å². The lowest BCUT2D eigenvalue weighted by Crippen LogP contribution is -2.00. The Morgan fingerprint density at radius 1 is 0.694 bits per heavy atom. The van der Waals surface area contributed by atoms with Gasteiger partial charge in [-0.1, -0.05) is 129 Å². The zero-order valence-corrected chi connectivity index (χ0v) is 27.8. The monoisotopic (exact) mass is 631 g/mol. The molecule has 2 aliphatic carbocycles. The molecule has 0 fully saturated rings. The Kier molecular flexibility index (Phi) is 7.20. The van der Waals surface area contributed by atoms with Crippen LogP contribution in [0.2, 0.25) is 0 Å². The van der Waals surface area contributed by atoms with E-state index in [2.05, 4.69) is 159 Å². The first kappa shape index (κ1) is 29.3. The van der Waals surface area contributed by atoms with E-state index in [-0.39, 0.29) is 0 Å². The second kappa shape index (κ2) is 12.0. The first-order chi connectivity index (χ1) is 24.1. The lowest BCUT2D eigenvalue weighted by atomic mass is 9.87. The highest BCUT2D eigenvalue weighted by Gasteiger charge is 2.16. The van der Waals surface area contributed by atoms with Gasteiger partial charge in [-0.15, -0.1) is 0 Å². The maximum atomic E-state index is 5.39. The summed E-state index contributed by atoms with van der Waals surface area (Å²) in [6.07, 6.45) is 15.8. The number of hydrogen-bond donors (Lipinski definition) is 0. The predicted molar refractivity (Wildman–Crippen MR) is 206 cm³/mol. The van der Waals surface area contributed by atoms with Crippen molar-refractivity contribution in [3.63, 3.8) is 0 Å². The minimum absolute atomic E-state index is 0.511. The third kappa shape index (κ3) is 5.32. The maximum Gasteiger partial charge on any atom is 0.0934 e. The van der Waals surface area contributed by atoms with Crippen molar-refractivity contribution in [1.29, 1.82) is 0 Å². The summed E-state index contributed by atoms with van der Waals surface area (Å²) in [5.74, 6) is 1.12. The molecule has 3 aromatic heterocycles. The van der Waals surface area contributed by atoms with Crippen LogP contribution in [0.25, 0.3) is 72.1 Å². The van der Waals surface area contributed by atoms with E-state index in [1.807, 2.05) is 10.6 Å². The van der Waals surface area contributed by atoms with E-state index >= 15 is 0 Å². The molecule has 9 rings (SSSR count). The molecule has 0 spiro atoms. The van der Waals surface area contributed by atoms with Crippen molar-refractivity contribution >= 4 is 38.5 Å². The normalized spacial score (nSPS) is 17.5. The van der Waals surface area contributed by atoms with Gasteiger partial charge >= 0.3 is 0 Å². The van der Waals surface area contributed by atoms with Gasteiger partial charge in [0.25, 0.3) is 0 Å². The molecule has 0 saturated heterocycles. The van der Waals surface area contributed by atoms with Crippen LogP contribution in [0.1, 0.15) is 37.8 Å². The summed E-state index contributed by atoms with van der Waals surface area (Å²) < 4.78 is 2.04. The molecule has 2 unspecified atom stereocenters. The van der Waals surface area contributed by atoms with Crippen molar-refractivity contribution in [3.8, 4) is 33.6 Å². The summed E-state index contributed by atoms with van der Waals surface area (Å²) in [5, 5.41) is 7.23. The first-order valence-electron chi connectivity index (χ1n) is 17.4. The zero-order chi connectivity index (χ0) is 32.9. The zero-order valence-electron chi connectivity index (χ0n) is 27.8. The highest BCUT2D eigenvalue weighted by Crippen LogP contribution is 2.37. The maximum absolute atomic E-state index is 5.39. The van der Waals surface area contributed by atoms with Gasteiger partial charge in [0.05, 0.1) is 27.9 Å². The van der Waals surface area contributed by atoms with E-state index in [4.69, 9.17) is 10.1 Å². The Bertz CT molecular complexity index is 2510. The molecule has 0 saturated carbocycles. The van der Waals surface area contributed by atoms with E-state index in [0.29, 0.717) is 11.8 Å². The molecule has 0 amide bonds. The molecular weight excluding hydrogens is 595 g/mol. The van der Waals surface area contributed by atoms with Crippen LogP contribution < -0.4 is 0 Å². The lowest BCUT2D eigenvalue weighted by molar-refractivity contribution is 0.739. The SMILES string of the molecule is CC1C=CC(c2ccc(-c3cc(-c4ccc(C5=CC=CCC5C)cc4)c4nc(-c5cccc6c7ccccc7nn56)ccc4c3)cc2)=CC1. The van der Waals surface area contributed by atoms with E-state index < -0.39 is 0 Å². The highest BCUT2D eigenvalue weighted by molar-refractivity contribution is 5.99. The lowest BCUT2D eigenvalue weighted by Gasteiger charge is -2.18. The molecule has 236 valence electrons. The summed E-state index contributed by atoms with van der Waals surface area (Å²) in [5.41, 5.74) is 14.8. The second-order valence-electron chi connectivity index (χ2n) is 13.6. The molecule has 0 radical (unpaired) electrons. The van der Waals surface area contributed by atoms with Gasteiger partial charge < -0.3 is 0 Å². The number of fused-ring (bicyclic) bond motifs is 4. The van der Waals surface area contributed by atoms with Gasteiger partial charge in [0, 0.05) is 16.3 Å². The van der Waals surface area contributed by atoms with Crippen molar-refractivity contribution < 1.29 is 0 Å². The summed E-state index contributed by atoms with van der Waals surface area (Å²) >= 11 is 0. The minimum Gasteiger partial charge on any atom is -0.245 e. The van der Waals surface area contributed by atoms with Crippen molar-refractivity contribution in [3.05, 3.63) is 163 Å². The van der Waals surface area contributed by atoms with Crippen LogP contribution in [0, 0.1) is 11.8 Å². The van der Waals surface area contributed by atoms with E-state index in [9.17, 15) is 0 Å². The fraction of sp³-hybridized carbons (Fsp3) is 0.130. The number of aromatic nitrogens is 3. The number of allylic oxidation sites excluding steroid dienone is 8. The van der Waals surface area contributed by atoms with Crippen molar-refractivity contribution in [2.24, 2.45) is 11.8 Å². The van der Waals surface area contributed by atoms with E-state index in [1.54, 1.807) is 0 Å². The number of rotatable bonds is 5. The molecule has 0 N–H and O–H groups in total. The van der Waals surface area contributed by atoms with Crippen LogP contribution in [0.3, 0.4) is 0 Å². The molecule has 3 heterocycles. The topological polar surface area (TPSA) is 30.2 Å². The molecule has 4 aromatic carbocycles. The minimum atomic E-state index is 0.511. The van der Waals surface area contributed by atoms with Crippen molar-refractivity contribution in [2.75, 3.05) is 0 Å². The second-order valence-corrected chi connectivity index (χ2v) is 13.6. The van der Waals surface area contributed by atoms with E-state index in [0.717, 1.165) is 62.7 Å². The van der Waals surface area contributed by atoms with Gasteiger partial charge in [-0.25, -0.2) is 9.50 Å². The standard InChI is InChI=1S/C46H37N3/c1-30-14-16-32(17-15-30)33-18-20-34(21-19-33)38-28-37-26-27-43(45-13-7-12-44-40-10-5-6-11-42(40)48-49(44)45)47-46(37)41(29-38)36-24-22-35(23-25-36)39-9-4-3-8-31(39)2/h3-7,9-14,16-31H,8,15H2,1-2H3. The fourth-order valence-electron chi connectivity index (χ4n) is 7.42. The Hall–Kier alpha value is -5.80. The Morgan fingerprint density at radius 2 is 1.49 bits per heavy atom. The highest BCUT2D eigenvalue weighted by atomic mass is 15.2. The molecule has 0 aliphatic heterocycles. The van der Waals surface area contributed by atoms with Crippen LogP contribution in [-0.4, -0.2) is 14.6 Å². The summed E-state index contributed by atoms with van der Waals surface area (Å²) in [6.45, 7) is 4.57. The van der Waals surface area contributed by atoms with Crippen LogP contribution in [0.4, 0.5) is 0 Å². The van der Waals surface area contributed by atoms with Gasteiger partial charge in [0.15, 0.2) is 0 Å². The summed E-state index contributed by atoms with van der Waals surface area (Å²) in [6, 6.07) is 41.7. The van der Waals surface area contributed by atoms with Crippen LogP contribution in [-0.2, 0) is 0 Å². The van der Waals surface area contributed by atoms with Gasteiger partial charge in [-0.05, 0) is 100 Å². The van der Waals surface area contributed by atoms with Crippen LogP contribution in [0.15, 0.2) is 152 Å². The smallest absolute Gasteiger partial charge is 0.0934 e. The molecule has 0 bridgehead atoms. The molecule has 3 nitrogen and oxygen atoms in total. The molecule has 3 heteroatoms. The summed E-state index contributed by atoms with van der Waals surface area (Å²) in [7, 11) is 0.